The summed E-state index contributed by atoms with van der Waals surface area (Å²) in [5.41, 5.74) is 0.750. The lowest BCUT2D eigenvalue weighted by Crippen LogP contribution is -2.58. The number of ether oxygens (including phenoxy) is 1. The number of rotatable bonds is 10. The fraction of sp³-hybridized carbons (Fsp3) is 0.667. The Labute approximate surface area is 245 Å². The lowest BCUT2D eigenvalue weighted by Gasteiger charge is -2.38. The van der Waals surface area contributed by atoms with Gasteiger partial charge in [0.2, 0.25) is 17.7 Å². The van der Waals surface area contributed by atoms with Gasteiger partial charge in [0.25, 0.3) is 0 Å². The second-order valence-corrected chi connectivity index (χ2v) is 12.9. The van der Waals surface area contributed by atoms with Gasteiger partial charge in [-0.25, -0.2) is 0 Å². The molecule has 3 aliphatic heterocycles. The first-order valence-corrected chi connectivity index (χ1v) is 15.7. The molecule has 5 rings (SSSR count). The number of nitrogens with one attached hydrogen (secondary N) is 2. The smallest absolute Gasteiger partial charge is 0.246 e. The van der Waals surface area contributed by atoms with Gasteiger partial charge in [-0.2, -0.15) is 0 Å². The van der Waals surface area contributed by atoms with Gasteiger partial charge in [-0.05, 0) is 55.0 Å². The number of fused-ring (bicyclic) bond motifs is 1. The highest BCUT2D eigenvalue weighted by Gasteiger charge is 2.72. The molecule has 2 N–H and O–H groups in total. The second kappa shape index (κ2) is 11.9. The van der Waals surface area contributed by atoms with Crippen LogP contribution in [0.4, 0.5) is 5.69 Å². The highest BCUT2D eigenvalue weighted by molar-refractivity contribution is 6.02. The molecule has 1 aromatic rings. The number of benzene rings is 1. The van der Waals surface area contributed by atoms with Crippen LogP contribution in [-0.4, -0.2) is 77.5 Å². The standard InChI is InChI=1S/C33H48N4O4/c1-7-36(8-2)18-19-37-29(31(39)35-25-11-9-10-21(5)22(25)6)33-17-16-26(41-33)27(28(33)32(37)40)30(38)34-24-14-12-23(13-15-24)20(3)4/h12-17,20-22,25-29H,7-11,18-19H2,1-6H3,(H,34,38)(H,35,39). The lowest BCUT2D eigenvalue weighted by atomic mass is 9.73. The van der Waals surface area contributed by atoms with E-state index in [1.807, 2.05) is 36.4 Å². The van der Waals surface area contributed by atoms with Crippen LogP contribution in [0.2, 0.25) is 0 Å². The Hall–Kier alpha value is -2.71. The van der Waals surface area contributed by atoms with Crippen LogP contribution in [0, 0.1) is 23.7 Å². The normalized spacial score (nSPS) is 34.0. The number of likely N-dealkylation sites (N-methyl/N-ethyl adjacent to an activating group) is 1. The van der Waals surface area contributed by atoms with Crippen molar-refractivity contribution in [3.8, 4) is 0 Å². The van der Waals surface area contributed by atoms with Crippen LogP contribution in [0.3, 0.4) is 0 Å². The molecule has 2 bridgehead atoms. The van der Waals surface area contributed by atoms with Gasteiger partial charge in [0.05, 0.1) is 17.9 Å². The maximum absolute atomic E-state index is 14.2. The van der Waals surface area contributed by atoms with E-state index in [2.05, 4.69) is 57.1 Å². The molecule has 8 nitrogen and oxygen atoms in total. The van der Waals surface area contributed by atoms with Gasteiger partial charge in [0.15, 0.2) is 0 Å². The zero-order chi connectivity index (χ0) is 29.5. The second-order valence-electron chi connectivity index (χ2n) is 12.9. The fourth-order valence-electron chi connectivity index (χ4n) is 7.52. The van der Waals surface area contributed by atoms with E-state index >= 15 is 0 Å². The van der Waals surface area contributed by atoms with Crippen LogP contribution in [0.5, 0.6) is 0 Å². The minimum absolute atomic E-state index is 0.0666. The average molecular weight is 565 g/mol. The first kappa shape index (κ1) is 29.8. The summed E-state index contributed by atoms with van der Waals surface area (Å²) in [6, 6.07) is 7.11. The molecule has 1 saturated carbocycles. The number of amides is 3. The zero-order valence-corrected chi connectivity index (χ0v) is 25.6. The van der Waals surface area contributed by atoms with E-state index in [4.69, 9.17) is 4.74 Å². The maximum atomic E-state index is 14.2. The molecule has 1 aliphatic carbocycles. The molecule has 224 valence electrons. The number of anilines is 1. The average Bonchev–Trinajstić information content (AvgIpc) is 3.59. The first-order valence-electron chi connectivity index (χ1n) is 15.7. The summed E-state index contributed by atoms with van der Waals surface area (Å²) in [5.74, 6) is -0.709. The topological polar surface area (TPSA) is 91.0 Å². The monoisotopic (exact) mass is 564 g/mol. The van der Waals surface area contributed by atoms with Gasteiger partial charge in [-0.15, -0.1) is 0 Å². The Bertz CT molecular complexity index is 1160. The van der Waals surface area contributed by atoms with Crippen LogP contribution >= 0.6 is 0 Å². The Morgan fingerprint density at radius 3 is 2.46 bits per heavy atom. The summed E-state index contributed by atoms with van der Waals surface area (Å²) >= 11 is 0. The molecule has 2 saturated heterocycles. The van der Waals surface area contributed by atoms with E-state index < -0.39 is 29.6 Å². The van der Waals surface area contributed by atoms with Gasteiger partial charge in [-0.3, -0.25) is 14.4 Å². The Morgan fingerprint density at radius 1 is 1.10 bits per heavy atom. The highest BCUT2D eigenvalue weighted by Crippen LogP contribution is 2.55. The van der Waals surface area contributed by atoms with Crippen molar-refractivity contribution in [2.75, 3.05) is 31.5 Å². The Balaban J connectivity index is 1.41. The van der Waals surface area contributed by atoms with E-state index in [1.54, 1.807) is 4.90 Å². The van der Waals surface area contributed by atoms with Crippen LogP contribution < -0.4 is 10.6 Å². The molecular formula is C33H48N4O4. The number of carbonyl (C=O) groups excluding carboxylic acids is 3. The van der Waals surface area contributed by atoms with Crippen LogP contribution in [0.1, 0.15) is 72.3 Å². The van der Waals surface area contributed by atoms with Crippen molar-refractivity contribution in [1.29, 1.82) is 0 Å². The third kappa shape index (κ3) is 5.34. The number of carbonyl (C=O) groups is 3. The van der Waals surface area contributed by atoms with E-state index in [0.29, 0.717) is 36.5 Å². The first-order chi connectivity index (χ1) is 19.6. The van der Waals surface area contributed by atoms with E-state index in [0.717, 1.165) is 25.9 Å². The van der Waals surface area contributed by atoms with Crippen molar-refractivity contribution in [3.05, 3.63) is 42.0 Å². The molecule has 8 heteroatoms. The maximum Gasteiger partial charge on any atom is 0.246 e. The van der Waals surface area contributed by atoms with Crippen molar-refractivity contribution in [1.82, 2.24) is 15.1 Å². The molecule has 0 aromatic heterocycles. The zero-order valence-electron chi connectivity index (χ0n) is 25.6. The number of hydrogen-bond donors (Lipinski definition) is 2. The Kier molecular flexibility index (Phi) is 8.63. The van der Waals surface area contributed by atoms with E-state index in [-0.39, 0.29) is 23.8 Å². The third-order valence-electron chi connectivity index (χ3n) is 10.4. The van der Waals surface area contributed by atoms with Crippen molar-refractivity contribution < 1.29 is 19.1 Å². The SMILES string of the molecule is CCN(CC)CCN1C(=O)C2C(C(=O)Nc3ccc(C(C)C)cc3)C3C=CC2(O3)C1C(=O)NC1CCCC(C)C1C. The molecule has 4 aliphatic rings. The minimum atomic E-state index is -1.14. The van der Waals surface area contributed by atoms with Gasteiger partial charge in [-0.1, -0.05) is 78.7 Å². The molecule has 1 spiro atoms. The summed E-state index contributed by atoms with van der Waals surface area (Å²) in [6.45, 7) is 15.7. The van der Waals surface area contributed by atoms with Crippen LogP contribution in [0.25, 0.3) is 0 Å². The third-order valence-corrected chi connectivity index (χ3v) is 10.4. The van der Waals surface area contributed by atoms with E-state index in [9.17, 15) is 14.4 Å². The Morgan fingerprint density at radius 2 is 1.80 bits per heavy atom. The number of likely N-dealkylation sites (tertiary alicyclic amines) is 1. The largest absolute Gasteiger partial charge is 0.359 e. The quantitative estimate of drug-likeness (QED) is 0.416. The molecule has 1 aromatic carbocycles. The van der Waals surface area contributed by atoms with Crippen LogP contribution in [-0.2, 0) is 19.1 Å². The summed E-state index contributed by atoms with van der Waals surface area (Å²) in [5, 5.41) is 6.37. The van der Waals surface area contributed by atoms with E-state index in [1.165, 1.54) is 12.0 Å². The van der Waals surface area contributed by atoms with Crippen molar-refractivity contribution >= 4 is 23.4 Å². The molecular weight excluding hydrogens is 516 g/mol. The number of hydrogen-bond acceptors (Lipinski definition) is 5. The fourth-order valence-corrected chi connectivity index (χ4v) is 7.52. The van der Waals surface area contributed by atoms with Gasteiger partial charge in [0, 0.05) is 24.8 Å². The van der Waals surface area contributed by atoms with Crippen molar-refractivity contribution in [3.63, 3.8) is 0 Å². The molecule has 0 radical (unpaired) electrons. The molecule has 3 amide bonds. The molecule has 41 heavy (non-hydrogen) atoms. The summed E-state index contributed by atoms with van der Waals surface area (Å²) in [6.07, 6.45) is 6.44. The van der Waals surface area contributed by atoms with Gasteiger partial charge in [0.1, 0.15) is 11.6 Å². The predicted molar refractivity (Wildman–Crippen MR) is 160 cm³/mol. The summed E-state index contributed by atoms with van der Waals surface area (Å²) < 4.78 is 6.53. The minimum Gasteiger partial charge on any atom is -0.359 e. The molecule has 3 heterocycles. The van der Waals surface area contributed by atoms with Crippen molar-refractivity contribution in [2.24, 2.45) is 23.7 Å². The molecule has 8 atom stereocenters. The molecule has 3 fully saturated rings. The molecule has 8 unspecified atom stereocenters. The van der Waals surface area contributed by atoms with Crippen molar-refractivity contribution in [2.45, 2.75) is 90.5 Å². The lowest BCUT2D eigenvalue weighted by molar-refractivity contribution is -0.141. The summed E-state index contributed by atoms with van der Waals surface area (Å²) in [4.78, 5) is 46.1. The highest BCUT2D eigenvalue weighted by atomic mass is 16.5. The summed E-state index contributed by atoms with van der Waals surface area (Å²) in [7, 11) is 0. The predicted octanol–water partition coefficient (Wildman–Crippen LogP) is 4.18. The number of nitrogens with zero attached hydrogens (tertiary/aromatic N) is 2. The van der Waals surface area contributed by atoms with Gasteiger partial charge < -0.3 is 25.2 Å². The van der Waals surface area contributed by atoms with Gasteiger partial charge >= 0.3 is 0 Å². The van der Waals surface area contributed by atoms with Crippen LogP contribution in [0.15, 0.2) is 36.4 Å².